The molecule has 0 aromatic heterocycles. The summed E-state index contributed by atoms with van der Waals surface area (Å²) in [5.74, 6) is 1.02. The number of fused-ring (bicyclic) bond motifs is 1. The highest BCUT2D eigenvalue weighted by molar-refractivity contribution is 5.40. The molecule has 1 aliphatic rings. The Hall–Kier alpha value is -1.10. The molecule has 0 saturated carbocycles. The Morgan fingerprint density at radius 2 is 2.33 bits per heavy atom. The normalized spacial score (nSPS) is 15.6. The minimum Gasteiger partial charge on any atom is -0.493 e. The van der Waals surface area contributed by atoms with Gasteiger partial charge < -0.3 is 15.2 Å². The van der Waals surface area contributed by atoms with Crippen LogP contribution in [0.2, 0.25) is 0 Å². The van der Waals surface area contributed by atoms with Gasteiger partial charge in [-0.25, -0.2) is 0 Å². The van der Waals surface area contributed by atoms with E-state index in [2.05, 4.69) is 30.1 Å². The number of hydrogen-bond acceptors (Lipinski definition) is 4. The number of nitrogens with zero attached hydrogens (tertiary/aromatic N) is 1. The predicted octanol–water partition coefficient (Wildman–Crippen LogP) is 1.20. The van der Waals surface area contributed by atoms with Crippen LogP contribution >= 0.6 is 0 Å². The molecule has 0 bridgehead atoms. The first-order valence-electron chi connectivity index (χ1n) is 6.41. The van der Waals surface area contributed by atoms with E-state index >= 15 is 0 Å². The molecule has 1 heterocycles. The van der Waals surface area contributed by atoms with Crippen molar-refractivity contribution in [3.8, 4) is 5.75 Å². The maximum absolute atomic E-state index is 5.91. The quantitative estimate of drug-likeness (QED) is 0.824. The average Bonchev–Trinajstić information content (AvgIpc) is 2.84. The van der Waals surface area contributed by atoms with Gasteiger partial charge in [-0.15, -0.1) is 0 Å². The Kier molecular flexibility index (Phi) is 4.58. The van der Waals surface area contributed by atoms with Crippen molar-refractivity contribution in [1.82, 2.24) is 4.90 Å². The number of benzene rings is 1. The largest absolute Gasteiger partial charge is 0.493 e. The number of methoxy groups -OCH3 is 1. The first-order chi connectivity index (χ1) is 8.76. The molecule has 1 unspecified atom stereocenters. The fourth-order valence-corrected chi connectivity index (χ4v) is 2.38. The van der Waals surface area contributed by atoms with E-state index in [-0.39, 0.29) is 6.04 Å². The number of nitrogens with two attached hydrogens (primary N) is 1. The molecule has 2 rings (SSSR count). The lowest BCUT2D eigenvalue weighted by atomic mass is 10.0. The SMILES string of the molecule is COCCN(C)C(CN)c1ccc2c(c1)CCO2. The predicted molar refractivity (Wildman–Crippen MR) is 71.9 cm³/mol. The molecule has 0 aliphatic carbocycles. The Morgan fingerprint density at radius 3 is 3.06 bits per heavy atom. The Morgan fingerprint density at radius 1 is 1.50 bits per heavy atom. The number of hydrogen-bond donors (Lipinski definition) is 1. The number of ether oxygens (including phenoxy) is 2. The second-order valence-electron chi connectivity index (χ2n) is 4.69. The highest BCUT2D eigenvalue weighted by Crippen LogP contribution is 2.29. The minimum absolute atomic E-state index is 0.242. The second-order valence-corrected chi connectivity index (χ2v) is 4.69. The second kappa shape index (κ2) is 6.18. The van der Waals surface area contributed by atoms with Crippen molar-refractivity contribution in [3.63, 3.8) is 0 Å². The zero-order valence-electron chi connectivity index (χ0n) is 11.2. The fraction of sp³-hybridized carbons (Fsp3) is 0.571. The number of likely N-dealkylation sites (N-methyl/N-ethyl adjacent to an activating group) is 1. The summed E-state index contributed by atoms with van der Waals surface area (Å²) >= 11 is 0. The van der Waals surface area contributed by atoms with Gasteiger partial charge in [0.25, 0.3) is 0 Å². The summed E-state index contributed by atoms with van der Waals surface area (Å²) in [4.78, 5) is 2.24. The lowest BCUT2D eigenvalue weighted by molar-refractivity contribution is 0.140. The maximum Gasteiger partial charge on any atom is 0.122 e. The van der Waals surface area contributed by atoms with Gasteiger partial charge in [0, 0.05) is 32.7 Å². The molecule has 0 amide bonds. The third-order valence-electron chi connectivity index (χ3n) is 3.50. The van der Waals surface area contributed by atoms with Gasteiger partial charge >= 0.3 is 0 Å². The van der Waals surface area contributed by atoms with Gasteiger partial charge in [0.2, 0.25) is 0 Å². The van der Waals surface area contributed by atoms with Crippen LogP contribution in [0.15, 0.2) is 18.2 Å². The molecule has 4 heteroatoms. The summed E-state index contributed by atoms with van der Waals surface area (Å²) in [6, 6.07) is 6.64. The molecule has 0 fully saturated rings. The maximum atomic E-state index is 5.91. The van der Waals surface area contributed by atoms with Crippen molar-refractivity contribution in [3.05, 3.63) is 29.3 Å². The third-order valence-corrected chi connectivity index (χ3v) is 3.50. The summed E-state index contributed by atoms with van der Waals surface area (Å²) in [5, 5.41) is 0. The van der Waals surface area contributed by atoms with Crippen molar-refractivity contribution < 1.29 is 9.47 Å². The van der Waals surface area contributed by atoms with Gasteiger partial charge in [0.15, 0.2) is 0 Å². The van der Waals surface area contributed by atoms with Crippen LogP contribution in [0.3, 0.4) is 0 Å². The molecule has 2 N–H and O–H groups in total. The van der Waals surface area contributed by atoms with Crippen molar-refractivity contribution in [2.24, 2.45) is 5.73 Å². The molecule has 0 spiro atoms. The van der Waals surface area contributed by atoms with E-state index in [0.717, 1.165) is 31.9 Å². The average molecular weight is 250 g/mol. The van der Waals surface area contributed by atoms with E-state index in [4.69, 9.17) is 15.2 Å². The molecular weight excluding hydrogens is 228 g/mol. The van der Waals surface area contributed by atoms with Crippen LogP contribution in [0.5, 0.6) is 5.75 Å². The molecule has 1 aromatic rings. The molecule has 18 heavy (non-hydrogen) atoms. The van der Waals surface area contributed by atoms with E-state index in [1.54, 1.807) is 7.11 Å². The Bertz CT molecular complexity index is 395. The Labute approximate surface area is 109 Å². The van der Waals surface area contributed by atoms with E-state index in [9.17, 15) is 0 Å². The summed E-state index contributed by atoms with van der Waals surface area (Å²) in [6.07, 6.45) is 1.00. The molecule has 1 atom stereocenters. The van der Waals surface area contributed by atoms with E-state index < -0.39 is 0 Å². The summed E-state index contributed by atoms with van der Waals surface area (Å²) in [6.45, 7) is 3.01. The zero-order valence-corrected chi connectivity index (χ0v) is 11.2. The van der Waals surface area contributed by atoms with Crippen LogP contribution in [0.4, 0.5) is 0 Å². The first kappa shape index (κ1) is 13.3. The fourth-order valence-electron chi connectivity index (χ4n) is 2.38. The topological polar surface area (TPSA) is 47.7 Å². The van der Waals surface area contributed by atoms with Crippen LogP contribution in [-0.2, 0) is 11.2 Å². The van der Waals surface area contributed by atoms with E-state index in [1.165, 1.54) is 11.1 Å². The minimum atomic E-state index is 0.242. The van der Waals surface area contributed by atoms with Gasteiger partial charge in [0.1, 0.15) is 5.75 Å². The Balaban J connectivity index is 2.12. The van der Waals surface area contributed by atoms with Crippen LogP contribution < -0.4 is 10.5 Å². The molecule has 1 aromatic carbocycles. The van der Waals surface area contributed by atoms with Crippen molar-refractivity contribution in [1.29, 1.82) is 0 Å². The molecule has 4 nitrogen and oxygen atoms in total. The highest BCUT2D eigenvalue weighted by Gasteiger charge is 2.18. The lowest BCUT2D eigenvalue weighted by Crippen LogP contribution is -2.33. The van der Waals surface area contributed by atoms with Crippen LogP contribution in [0, 0.1) is 0 Å². The number of rotatable bonds is 6. The molecular formula is C14H22N2O2. The third kappa shape index (κ3) is 2.83. The summed E-state index contributed by atoms with van der Waals surface area (Å²) < 4.78 is 10.6. The molecule has 100 valence electrons. The lowest BCUT2D eigenvalue weighted by Gasteiger charge is -2.27. The van der Waals surface area contributed by atoms with E-state index in [1.807, 2.05) is 0 Å². The van der Waals surface area contributed by atoms with Gasteiger partial charge in [0.05, 0.1) is 13.2 Å². The van der Waals surface area contributed by atoms with Gasteiger partial charge in [-0.05, 0) is 24.2 Å². The van der Waals surface area contributed by atoms with Gasteiger partial charge in [-0.2, -0.15) is 0 Å². The highest BCUT2D eigenvalue weighted by atomic mass is 16.5. The molecule has 0 radical (unpaired) electrons. The van der Waals surface area contributed by atoms with Gasteiger partial charge in [-0.1, -0.05) is 12.1 Å². The monoisotopic (exact) mass is 250 g/mol. The zero-order chi connectivity index (χ0) is 13.0. The van der Waals surface area contributed by atoms with Crippen LogP contribution in [0.1, 0.15) is 17.2 Å². The van der Waals surface area contributed by atoms with Crippen LogP contribution in [0.25, 0.3) is 0 Å². The van der Waals surface area contributed by atoms with Crippen LogP contribution in [-0.4, -0.2) is 45.4 Å². The van der Waals surface area contributed by atoms with Crippen molar-refractivity contribution in [2.75, 3.05) is 40.5 Å². The van der Waals surface area contributed by atoms with Crippen molar-refractivity contribution >= 4 is 0 Å². The van der Waals surface area contributed by atoms with Gasteiger partial charge in [-0.3, -0.25) is 4.90 Å². The smallest absolute Gasteiger partial charge is 0.122 e. The molecule has 1 aliphatic heterocycles. The first-order valence-corrected chi connectivity index (χ1v) is 6.41. The van der Waals surface area contributed by atoms with Crippen molar-refractivity contribution in [2.45, 2.75) is 12.5 Å². The molecule has 0 saturated heterocycles. The summed E-state index contributed by atoms with van der Waals surface area (Å²) in [7, 11) is 3.80. The standard InChI is InChI=1S/C14H22N2O2/c1-16(6-8-17-2)13(10-15)11-3-4-14-12(9-11)5-7-18-14/h3-4,9,13H,5-8,10,15H2,1-2H3. The summed E-state index contributed by atoms with van der Waals surface area (Å²) in [5.41, 5.74) is 8.47. The van der Waals surface area contributed by atoms with E-state index in [0.29, 0.717) is 6.54 Å².